The third kappa shape index (κ3) is 3.23. The van der Waals surface area contributed by atoms with Crippen LogP contribution in [0.2, 0.25) is 0 Å². The lowest BCUT2D eigenvalue weighted by Crippen LogP contribution is -2.24. The van der Waals surface area contributed by atoms with Gasteiger partial charge in [0.2, 0.25) is 0 Å². The van der Waals surface area contributed by atoms with Crippen LogP contribution in [-0.4, -0.2) is 41.5 Å². The molecule has 1 N–H and O–H groups in total. The lowest BCUT2D eigenvalue weighted by molar-refractivity contribution is -0.383. The van der Waals surface area contributed by atoms with Crippen LogP contribution in [0.15, 0.2) is 12.1 Å². The van der Waals surface area contributed by atoms with Crippen molar-refractivity contribution in [3.63, 3.8) is 0 Å². The maximum Gasteiger partial charge on any atom is 0.293 e. The first kappa shape index (κ1) is 14.7. The van der Waals surface area contributed by atoms with Crippen LogP contribution < -0.4 is 5.32 Å². The van der Waals surface area contributed by atoms with E-state index in [-0.39, 0.29) is 10.6 Å². The molecule has 0 unspecified atom stereocenters. The molecule has 1 aromatic heterocycles. The second kappa shape index (κ2) is 6.15. The number of hydrogen-bond donors (Lipinski definition) is 1. The van der Waals surface area contributed by atoms with Gasteiger partial charge in [-0.2, -0.15) is 0 Å². The summed E-state index contributed by atoms with van der Waals surface area (Å²) in [6.07, 6.45) is 0. The zero-order valence-electron chi connectivity index (χ0n) is 11.8. The maximum absolute atomic E-state index is 11.2. The lowest BCUT2D eigenvalue weighted by atomic mass is 10.2. The van der Waals surface area contributed by atoms with E-state index in [0.29, 0.717) is 12.2 Å². The van der Waals surface area contributed by atoms with Gasteiger partial charge >= 0.3 is 0 Å². The molecular weight excluding hydrogens is 276 g/mol. The highest BCUT2D eigenvalue weighted by atomic mass is 32.1. The van der Waals surface area contributed by atoms with E-state index >= 15 is 0 Å². The number of fused-ring (bicyclic) bond motifs is 1. The average Bonchev–Trinajstić information content (AvgIpc) is 2.76. The van der Waals surface area contributed by atoms with Crippen molar-refractivity contribution in [2.24, 2.45) is 0 Å². The van der Waals surface area contributed by atoms with Crippen molar-refractivity contribution in [3.05, 3.63) is 27.3 Å². The highest BCUT2D eigenvalue weighted by Crippen LogP contribution is 2.32. The van der Waals surface area contributed by atoms with E-state index in [4.69, 9.17) is 0 Å². The van der Waals surface area contributed by atoms with Crippen LogP contribution in [-0.2, 0) is 0 Å². The van der Waals surface area contributed by atoms with Crippen molar-refractivity contribution in [2.45, 2.75) is 13.8 Å². The molecule has 0 atom stereocenters. The Morgan fingerprint density at radius 1 is 1.50 bits per heavy atom. The number of nitrogens with one attached hydrogen (secondary N) is 1. The van der Waals surface area contributed by atoms with E-state index in [2.05, 4.69) is 22.1 Å². The SMILES string of the molecule is CCN(C)CCNc1cc2nc(C)sc2cc1[N+](=O)[O-]. The Morgan fingerprint density at radius 2 is 2.25 bits per heavy atom. The minimum Gasteiger partial charge on any atom is -0.378 e. The zero-order valence-corrected chi connectivity index (χ0v) is 12.7. The van der Waals surface area contributed by atoms with Gasteiger partial charge in [-0.1, -0.05) is 6.92 Å². The van der Waals surface area contributed by atoms with Crippen LogP contribution in [0.1, 0.15) is 11.9 Å². The van der Waals surface area contributed by atoms with Crippen LogP contribution >= 0.6 is 11.3 Å². The molecule has 2 rings (SSSR count). The first-order chi connectivity index (χ1) is 9.51. The van der Waals surface area contributed by atoms with Gasteiger partial charge in [0, 0.05) is 19.2 Å². The van der Waals surface area contributed by atoms with Crippen molar-refractivity contribution in [1.82, 2.24) is 9.88 Å². The monoisotopic (exact) mass is 294 g/mol. The number of aromatic nitrogens is 1. The number of rotatable bonds is 6. The minimum atomic E-state index is -0.347. The van der Waals surface area contributed by atoms with Crippen molar-refractivity contribution in [1.29, 1.82) is 0 Å². The molecule has 0 bridgehead atoms. The average molecular weight is 294 g/mol. The second-order valence-electron chi connectivity index (χ2n) is 4.65. The van der Waals surface area contributed by atoms with E-state index in [1.165, 1.54) is 11.3 Å². The van der Waals surface area contributed by atoms with E-state index in [0.717, 1.165) is 28.3 Å². The predicted octanol–water partition coefficient (Wildman–Crippen LogP) is 2.88. The van der Waals surface area contributed by atoms with Gasteiger partial charge in [0.05, 0.1) is 20.1 Å². The highest BCUT2D eigenvalue weighted by molar-refractivity contribution is 7.18. The molecule has 0 fully saturated rings. The molecule has 1 aromatic carbocycles. The molecule has 20 heavy (non-hydrogen) atoms. The van der Waals surface area contributed by atoms with Crippen LogP contribution in [0.3, 0.4) is 0 Å². The Labute approximate surface area is 121 Å². The topological polar surface area (TPSA) is 71.3 Å². The van der Waals surface area contributed by atoms with Crippen molar-refractivity contribution in [3.8, 4) is 0 Å². The normalized spacial score (nSPS) is 11.2. The first-order valence-electron chi connectivity index (χ1n) is 6.49. The van der Waals surface area contributed by atoms with Crippen molar-refractivity contribution in [2.75, 3.05) is 32.0 Å². The van der Waals surface area contributed by atoms with Crippen LogP contribution in [0.4, 0.5) is 11.4 Å². The van der Waals surface area contributed by atoms with Crippen molar-refractivity contribution < 1.29 is 4.92 Å². The van der Waals surface area contributed by atoms with Gasteiger partial charge in [0.15, 0.2) is 0 Å². The van der Waals surface area contributed by atoms with E-state index in [9.17, 15) is 10.1 Å². The summed E-state index contributed by atoms with van der Waals surface area (Å²) in [5.41, 5.74) is 1.46. The van der Waals surface area contributed by atoms with E-state index in [1.54, 1.807) is 12.1 Å². The number of likely N-dealkylation sites (N-methyl/N-ethyl adjacent to an activating group) is 1. The quantitative estimate of drug-likeness (QED) is 0.655. The number of nitro benzene ring substituents is 1. The molecule has 6 nitrogen and oxygen atoms in total. The molecule has 0 radical (unpaired) electrons. The fourth-order valence-electron chi connectivity index (χ4n) is 1.91. The van der Waals surface area contributed by atoms with Crippen molar-refractivity contribution >= 4 is 32.9 Å². The molecule has 0 amide bonds. The van der Waals surface area contributed by atoms with E-state index in [1.807, 2.05) is 14.0 Å². The molecule has 108 valence electrons. The number of nitrogens with zero attached hydrogens (tertiary/aromatic N) is 3. The van der Waals surface area contributed by atoms with Gasteiger partial charge in [-0.15, -0.1) is 11.3 Å². The van der Waals surface area contributed by atoms with Crippen LogP contribution in [0.25, 0.3) is 10.2 Å². The van der Waals surface area contributed by atoms with Gasteiger partial charge in [0.1, 0.15) is 5.69 Å². The summed E-state index contributed by atoms with van der Waals surface area (Å²) in [6, 6.07) is 3.37. The molecule has 2 aromatic rings. The number of aryl methyl sites for hydroxylation is 1. The standard InChI is InChI=1S/C13H18N4O2S/c1-4-16(3)6-5-14-10-7-11-13(20-9(2)15-11)8-12(10)17(18)19/h7-8,14H,4-6H2,1-3H3. The Hall–Kier alpha value is -1.73. The molecule has 0 saturated carbocycles. The molecule has 0 saturated heterocycles. The van der Waals surface area contributed by atoms with Crippen LogP contribution in [0.5, 0.6) is 0 Å². The molecule has 0 spiro atoms. The molecule has 7 heteroatoms. The third-order valence-electron chi connectivity index (χ3n) is 3.16. The third-order valence-corrected chi connectivity index (χ3v) is 4.09. The Balaban J connectivity index is 2.25. The van der Waals surface area contributed by atoms with Gasteiger partial charge in [-0.25, -0.2) is 4.98 Å². The highest BCUT2D eigenvalue weighted by Gasteiger charge is 2.16. The summed E-state index contributed by atoms with van der Waals surface area (Å²) in [4.78, 5) is 17.3. The smallest absolute Gasteiger partial charge is 0.293 e. The maximum atomic E-state index is 11.2. The fourth-order valence-corrected chi connectivity index (χ4v) is 2.75. The summed E-state index contributed by atoms with van der Waals surface area (Å²) < 4.78 is 0.852. The van der Waals surface area contributed by atoms with Gasteiger partial charge in [-0.05, 0) is 26.6 Å². The number of anilines is 1. The number of benzene rings is 1. The number of hydrogen-bond acceptors (Lipinski definition) is 6. The zero-order chi connectivity index (χ0) is 14.7. The lowest BCUT2D eigenvalue weighted by Gasteiger charge is -2.14. The van der Waals surface area contributed by atoms with Gasteiger partial charge in [-0.3, -0.25) is 10.1 Å². The number of thiazole rings is 1. The molecule has 0 aliphatic rings. The summed E-state index contributed by atoms with van der Waals surface area (Å²) in [5.74, 6) is 0. The summed E-state index contributed by atoms with van der Waals surface area (Å²) in [5, 5.41) is 15.2. The summed E-state index contributed by atoms with van der Waals surface area (Å²) >= 11 is 1.47. The number of nitro groups is 1. The first-order valence-corrected chi connectivity index (χ1v) is 7.31. The molecule has 1 heterocycles. The molecular formula is C13H18N4O2S. The summed E-state index contributed by atoms with van der Waals surface area (Å²) in [6.45, 7) is 6.43. The van der Waals surface area contributed by atoms with Gasteiger partial charge < -0.3 is 10.2 Å². The molecule has 0 aliphatic carbocycles. The molecule has 0 aliphatic heterocycles. The van der Waals surface area contributed by atoms with Gasteiger partial charge in [0.25, 0.3) is 5.69 Å². The minimum absolute atomic E-state index is 0.111. The Morgan fingerprint density at radius 3 is 2.90 bits per heavy atom. The van der Waals surface area contributed by atoms with E-state index < -0.39 is 0 Å². The second-order valence-corrected chi connectivity index (χ2v) is 5.88. The Kier molecular flexibility index (Phi) is 4.51. The summed E-state index contributed by atoms with van der Waals surface area (Å²) in [7, 11) is 2.02. The largest absolute Gasteiger partial charge is 0.378 e. The predicted molar refractivity (Wildman–Crippen MR) is 82.7 cm³/mol. The van der Waals surface area contributed by atoms with Crippen LogP contribution in [0, 0.1) is 17.0 Å². The Bertz CT molecular complexity index is 626. The fraction of sp³-hybridized carbons (Fsp3) is 0.462.